The van der Waals surface area contributed by atoms with Crippen LogP contribution in [0.3, 0.4) is 0 Å². The topological polar surface area (TPSA) is 77.8 Å². The van der Waals surface area contributed by atoms with E-state index >= 15 is 0 Å². The summed E-state index contributed by atoms with van der Waals surface area (Å²) in [6.45, 7) is 0.792. The number of aromatic nitrogens is 2. The summed E-state index contributed by atoms with van der Waals surface area (Å²) in [5.41, 5.74) is 14.2. The Kier molecular flexibility index (Phi) is 7.86. The fraction of sp³-hybridized carbons (Fsp3) is 0.500. The fourth-order valence-electron chi connectivity index (χ4n) is 3.12. The first-order chi connectivity index (χ1) is 11.7. The summed E-state index contributed by atoms with van der Waals surface area (Å²) in [6, 6.07) is 12.0. The third kappa shape index (κ3) is 6.77. The van der Waals surface area contributed by atoms with Crippen molar-refractivity contribution in [3.8, 4) is 0 Å². The van der Waals surface area contributed by atoms with Crippen LogP contribution in [0.5, 0.6) is 0 Å². The lowest BCUT2D eigenvalue weighted by Gasteiger charge is -2.29. The average Bonchev–Trinajstić information content (AvgIpc) is 2.60. The van der Waals surface area contributed by atoms with Gasteiger partial charge in [-0.1, -0.05) is 37.8 Å². The highest BCUT2D eigenvalue weighted by Crippen LogP contribution is 2.22. The van der Waals surface area contributed by atoms with Gasteiger partial charge in [0, 0.05) is 42.2 Å². The molecule has 0 amide bonds. The van der Waals surface area contributed by atoms with Crippen molar-refractivity contribution < 1.29 is 0 Å². The van der Waals surface area contributed by atoms with Crippen LogP contribution in [0.2, 0.25) is 0 Å². The molecule has 0 radical (unpaired) electrons. The third-order valence-corrected chi connectivity index (χ3v) is 4.40. The zero-order chi connectivity index (χ0) is 17.1. The SMILES string of the molecule is NCCCCCCCC(N)(Cc1ccccn1)Cc1ccccn1. The monoisotopic (exact) mass is 326 g/mol. The van der Waals surface area contributed by atoms with Gasteiger partial charge < -0.3 is 11.5 Å². The molecule has 24 heavy (non-hydrogen) atoms. The Labute approximate surface area is 145 Å². The van der Waals surface area contributed by atoms with E-state index in [0.29, 0.717) is 0 Å². The molecule has 0 spiro atoms. The lowest BCUT2D eigenvalue weighted by atomic mass is 9.83. The Morgan fingerprint density at radius 3 is 1.79 bits per heavy atom. The minimum atomic E-state index is -0.295. The van der Waals surface area contributed by atoms with Crippen molar-refractivity contribution in [1.82, 2.24) is 9.97 Å². The number of hydrogen-bond acceptors (Lipinski definition) is 4. The van der Waals surface area contributed by atoms with Crippen molar-refractivity contribution >= 4 is 0 Å². The molecule has 2 aromatic rings. The van der Waals surface area contributed by atoms with Crippen molar-refractivity contribution in [2.24, 2.45) is 11.5 Å². The van der Waals surface area contributed by atoms with Gasteiger partial charge in [0.25, 0.3) is 0 Å². The highest BCUT2D eigenvalue weighted by molar-refractivity contribution is 5.13. The molecule has 0 aliphatic carbocycles. The van der Waals surface area contributed by atoms with Gasteiger partial charge in [-0.3, -0.25) is 9.97 Å². The lowest BCUT2D eigenvalue weighted by Crippen LogP contribution is -2.44. The second-order valence-corrected chi connectivity index (χ2v) is 6.66. The molecule has 0 aliphatic rings. The summed E-state index contributed by atoms with van der Waals surface area (Å²) >= 11 is 0. The Morgan fingerprint density at radius 2 is 1.29 bits per heavy atom. The second kappa shape index (κ2) is 10.2. The molecule has 0 saturated carbocycles. The van der Waals surface area contributed by atoms with E-state index in [1.165, 1.54) is 19.3 Å². The first-order valence-corrected chi connectivity index (χ1v) is 9.01. The normalized spacial score (nSPS) is 11.6. The number of pyridine rings is 2. The lowest BCUT2D eigenvalue weighted by molar-refractivity contribution is 0.362. The molecule has 4 heteroatoms. The molecule has 4 N–H and O–H groups in total. The molecule has 2 aromatic heterocycles. The van der Waals surface area contributed by atoms with Crippen LogP contribution >= 0.6 is 0 Å². The van der Waals surface area contributed by atoms with Crippen molar-refractivity contribution in [1.29, 1.82) is 0 Å². The number of hydrogen-bond donors (Lipinski definition) is 2. The van der Waals surface area contributed by atoms with Gasteiger partial charge in [-0.05, 0) is 43.7 Å². The van der Waals surface area contributed by atoms with Crippen molar-refractivity contribution in [2.45, 2.75) is 56.9 Å². The van der Waals surface area contributed by atoms with Gasteiger partial charge in [-0.2, -0.15) is 0 Å². The minimum absolute atomic E-state index is 0.295. The van der Waals surface area contributed by atoms with Gasteiger partial charge in [0.15, 0.2) is 0 Å². The molecule has 2 rings (SSSR count). The molecule has 0 aliphatic heterocycles. The van der Waals surface area contributed by atoms with Crippen LogP contribution in [0.4, 0.5) is 0 Å². The molecule has 0 atom stereocenters. The summed E-state index contributed by atoms with van der Waals surface area (Å²) in [5.74, 6) is 0. The molecule has 0 unspecified atom stereocenters. The van der Waals surface area contributed by atoms with Crippen LogP contribution in [0.15, 0.2) is 48.8 Å². The smallest absolute Gasteiger partial charge is 0.0422 e. The van der Waals surface area contributed by atoms with Gasteiger partial charge in [-0.25, -0.2) is 0 Å². The molecule has 0 fully saturated rings. The maximum atomic E-state index is 6.80. The first kappa shape index (κ1) is 18.6. The molecule has 0 bridgehead atoms. The standard InChI is InChI=1S/C20H30N4/c21-13-7-3-1-2-6-12-20(22,16-18-10-4-8-14-23-18)17-19-11-5-9-15-24-19/h4-5,8-11,14-15H,1-3,6-7,12-13,16-17,21-22H2. The van der Waals surface area contributed by atoms with E-state index in [4.69, 9.17) is 11.5 Å². The van der Waals surface area contributed by atoms with E-state index < -0.39 is 0 Å². The van der Waals surface area contributed by atoms with Gasteiger partial charge in [0.2, 0.25) is 0 Å². The summed E-state index contributed by atoms with van der Waals surface area (Å²) in [7, 11) is 0. The Hall–Kier alpha value is -1.78. The predicted molar refractivity (Wildman–Crippen MR) is 99.6 cm³/mol. The molecule has 2 heterocycles. The van der Waals surface area contributed by atoms with E-state index in [2.05, 4.69) is 22.1 Å². The summed E-state index contributed by atoms with van der Waals surface area (Å²) < 4.78 is 0. The van der Waals surface area contributed by atoms with E-state index in [1.807, 2.05) is 36.7 Å². The average molecular weight is 326 g/mol. The summed E-state index contributed by atoms with van der Waals surface area (Å²) in [5, 5.41) is 0. The van der Waals surface area contributed by atoms with Crippen molar-refractivity contribution in [2.75, 3.05) is 6.54 Å². The minimum Gasteiger partial charge on any atom is -0.330 e. The van der Waals surface area contributed by atoms with Crippen LogP contribution in [0.25, 0.3) is 0 Å². The number of nitrogens with zero attached hydrogens (tertiary/aromatic N) is 2. The molecule has 0 saturated heterocycles. The molecule has 130 valence electrons. The molecular formula is C20H30N4. The maximum absolute atomic E-state index is 6.80. The van der Waals surface area contributed by atoms with E-state index in [1.54, 1.807) is 0 Å². The van der Waals surface area contributed by atoms with Gasteiger partial charge >= 0.3 is 0 Å². The second-order valence-electron chi connectivity index (χ2n) is 6.66. The largest absolute Gasteiger partial charge is 0.330 e. The zero-order valence-electron chi connectivity index (χ0n) is 14.5. The third-order valence-electron chi connectivity index (χ3n) is 4.40. The molecule has 4 nitrogen and oxygen atoms in total. The fourth-order valence-corrected chi connectivity index (χ4v) is 3.12. The quantitative estimate of drug-likeness (QED) is 0.621. The zero-order valence-corrected chi connectivity index (χ0v) is 14.5. The van der Waals surface area contributed by atoms with Crippen molar-refractivity contribution in [3.63, 3.8) is 0 Å². The van der Waals surface area contributed by atoms with Crippen LogP contribution < -0.4 is 11.5 Å². The Balaban J connectivity index is 1.95. The van der Waals surface area contributed by atoms with Gasteiger partial charge in [0.05, 0.1) is 0 Å². The highest BCUT2D eigenvalue weighted by atomic mass is 14.8. The van der Waals surface area contributed by atoms with E-state index in [-0.39, 0.29) is 5.54 Å². The van der Waals surface area contributed by atoms with Crippen LogP contribution in [-0.4, -0.2) is 22.1 Å². The maximum Gasteiger partial charge on any atom is 0.0422 e. The molecular weight excluding hydrogens is 296 g/mol. The Bertz CT molecular complexity index is 515. The summed E-state index contributed by atoms with van der Waals surface area (Å²) in [4.78, 5) is 8.92. The van der Waals surface area contributed by atoms with Crippen molar-refractivity contribution in [3.05, 3.63) is 60.2 Å². The summed E-state index contributed by atoms with van der Waals surface area (Å²) in [6.07, 6.45) is 12.2. The van der Waals surface area contributed by atoms with Crippen LogP contribution in [0, 0.1) is 0 Å². The number of nitrogens with two attached hydrogens (primary N) is 2. The van der Waals surface area contributed by atoms with E-state index in [9.17, 15) is 0 Å². The van der Waals surface area contributed by atoms with Gasteiger partial charge in [-0.15, -0.1) is 0 Å². The van der Waals surface area contributed by atoms with Crippen LogP contribution in [-0.2, 0) is 12.8 Å². The number of rotatable bonds is 11. The molecule has 0 aromatic carbocycles. The Morgan fingerprint density at radius 1 is 0.750 bits per heavy atom. The predicted octanol–water partition coefficient (Wildman–Crippen LogP) is 3.26. The van der Waals surface area contributed by atoms with Gasteiger partial charge in [0.1, 0.15) is 0 Å². The highest BCUT2D eigenvalue weighted by Gasteiger charge is 2.26. The first-order valence-electron chi connectivity index (χ1n) is 9.01. The van der Waals surface area contributed by atoms with E-state index in [0.717, 1.165) is 50.0 Å². The van der Waals surface area contributed by atoms with Crippen LogP contribution in [0.1, 0.15) is 49.9 Å². The number of unbranched alkanes of at least 4 members (excludes halogenated alkanes) is 4.